The Balaban J connectivity index is 1.78. The van der Waals surface area contributed by atoms with Crippen LogP contribution in [-0.4, -0.2) is 37.5 Å². The van der Waals surface area contributed by atoms with Crippen LogP contribution in [0.5, 0.6) is 11.5 Å². The van der Waals surface area contributed by atoms with Crippen LogP contribution in [0.2, 0.25) is 0 Å². The smallest absolute Gasteiger partial charge is 0.278 e. The fourth-order valence-corrected chi connectivity index (χ4v) is 3.97. The molecule has 0 aliphatic carbocycles. The second kappa shape index (κ2) is 9.61. The van der Waals surface area contributed by atoms with Crippen LogP contribution in [0, 0.1) is 0 Å². The lowest BCUT2D eigenvalue weighted by atomic mass is 10.0. The van der Waals surface area contributed by atoms with Gasteiger partial charge in [-0.15, -0.1) is 0 Å². The number of likely N-dealkylation sites (N-methyl/N-ethyl adjacent to an activating group) is 1. The van der Waals surface area contributed by atoms with Gasteiger partial charge in [0.25, 0.3) is 11.8 Å². The zero-order chi connectivity index (χ0) is 23.4. The molecule has 0 radical (unpaired) electrons. The predicted octanol–water partition coefficient (Wildman–Crippen LogP) is 4.51. The molecule has 6 nitrogen and oxygen atoms in total. The van der Waals surface area contributed by atoms with E-state index in [0.717, 1.165) is 17.0 Å². The molecule has 6 heteroatoms. The van der Waals surface area contributed by atoms with Crippen LogP contribution in [-0.2, 0) is 16.1 Å². The number of amides is 2. The summed E-state index contributed by atoms with van der Waals surface area (Å²) in [6, 6.07) is 24.2. The van der Waals surface area contributed by atoms with Gasteiger partial charge in [0.15, 0.2) is 0 Å². The van der Waals surface area contributed by atoms with E-state index in [4.69, 9.17) is 9.47 Å². The van der Waals surface area contributed by atoms with Crippen LogP contribution >= 0.6 is 0 Å². The highest BCUT2D eigenvalue weighted by atomic mass is 16.5. The first-order valence-electron chi connectivity index (χ1n) is 10.8. The number of benzene rings is 3. The topological polar surface area (TPSA) is 59.1 Å². The average Bonchev–Trinajstić information content (AvgIpc) is 3.10. The number of rotatable bonds is 8. The third-order valence-corrected chi connectivity index (χ3v) is 5.68. The van der Waals surface area contributed by atoms with Gasteiger partial charge in [0, 0.05) is 12.2 Å². The molecule has 33 heavy (non-hydrogen) atoms. The summed E-state index contributed by atoms with van der Waals surface area (Å²) in [4.78, 5) is 30.5. The molecule has 1 heterocycles. The molecule has 0 fully saturated rings. The lowest BCUT2D eigenvalue weighted by Crippen LogP contribution is -2.34. The molecule has 0 unspecified atom stereocenters. The van der Waals surface area contributed by atoms with Crippen molar-refractivity contribution in [2.24, 2.45) is 0 Å². The monoisotopic (exact) mass is 442 g/mol. The fraction of sp³-hybridized carbons (Fsp3) is 0.185. The molecule has 4 rings (SSSR count). The van der Waals surface area contributed by atoms with Crippen molar-refractivity contribution in [3.05, 3.63) is 95.7 Å². The van der Waals surface area contributed by atoms with Crippen molar-refractivity contribution in [3.63, 3.8) is 0 Å². The van der Waals surface area contributed by atoms with Crippen molar-refractivity contribution >= 4 is 23.1 Å². The normalized spacial score (nSPS) is 13.5. The van der Waals surface area contributed by atoms with Crippen LogP contribution in [0.4, 0.5) is 5.69 Å². The van der Waals surface area contributed by atoms with Crippen molar-refractivity contribution in [2.45, 2.75) is 13.5 Å². The first-order chi connectivity index (χ1) is 16.1. The number of hydrogen-bond acceptors (Lipinski definition) is 5. The number of imide groups is 1. The standard InChI is InChI=1S/C27H26N2O4/c1-4-28(21-8-6-5-7-9-21)25-24(20-12-16-23(33-3)17-13-20)26(30)29(27(25)31)18-19-10-14-22(32-2)15-11-19/h5-17H,4,18H2,1-3H3. The largest absolute Gasteiger partial charge is 0.497 e. The number of nitrogens with zero attached hydrogens (tertiary/aromatic N) is 2. The summed E-state index contributed by atoms with van der Waals surface area (Å²) in [6.45, 7) is 2.68. The highest BCUT2D eigenvalue weighted by molar-refractivity contribution is 6.36. The molecule has 1 aliphatic heterocycles. The van der Waals surface area contributed by atoms with Gasteiger partial charge in [0.1, 0.15) is 17.2 Å². The number of para-hydroxylation sites is 1. The van der Waals surface area contributed by atoms with Crippen molar-refractivity contribution in [1.29, 1.82) is 0 Å². The Labute approximate surface area is 193 Å². The van der Waals surface area contributed by atoms with E-state index < -0.39 is 0 Å². The number of methoxy groups -OCH3 is 2. The van der Waals surface area contributed by atoms with Crippen molar-refractivity contribution < 1.29 is 19.1 Å². The number of carbonyl (C=O) groups excluding carboxylic acids is 2. The predicted molar refractivity (Wildman–Crippen MR) is 128 cm³/mol. The molecule has 0 atom stereocenters. The summed E-state index contributed by atoms with van der Waals surface area (Å²) >= 11 is 0. The second-order valence-corrected chi connectivity index (χ2v) is 7.58. The van der Waals surface area contributed by atoms with Crippen LogP contribution < -0.4 is 14.4 Å². The summed E-state index contributed by atoms with van der Waals surface area (Å²) in [5.74, 6) is 0.776. The van der Waals surface area contributed by atoms with Gasteiger partial charge in [-0.25, -0.2) is 0 Å². The van der Waals surface area contributed by atoms with Crippen LogP contribution in [0.15, 0.2) is 84.6 Å². The number of anilines is 1. The Hall–Kier alpha value is -4.06. The van der Waals surface area contributed by atoms with E-state index in [-0.39, 0.29) is 18.4 Å². The van der Waals surface area contributed by atoms with E-state index in [1.165, 1.54) is 4.90 Å². The second-order valence-electron chi connectivity index (χ2n) is 7.58. The van der Waals surface area contributed by atoms with Gasteiger partial charge in [-0.3, -0.25) is 14.5 Å². The highest BCUT2D eigenvalue weighted by Gasteiger charge is 2.41. The zero-order valence-electron chi connectivity index (χ0n) is 18.9. The summed E-state index contributed by atoms with van der Waals surface area (Å²) in [5, 5.41) is 0. The quantitative estimate of drug-likeness (QED) is 0.481. The van der Waals surface area contributed by atoms with Crippen LogP contribution in [0.1, 0.15) is 18.1 Å². The van der Waals surface area contributed by atoms with Crippen molar-refractivity contribution in [3.8, 4) is 11.5 Å². The maximum absolute atomic E-state index is 13.7. The lowest BCUT2D eigenvalue weighted by molar-refractivity contribution is -0.137. The summed E-state index contributed by atoms with van der Waals surface area (Å²) < 4.78 is 10.5. The Morgan fingerprint density at radius 2 is 1.33 bits per heavy atom. The highest BCUT2D eigenvalue weighted by Crippen LogP contribution is 2.35. The number of hydrogen-bond donors (Lipinski definition) is 0. The van der Waals surface area contributed by atoms with Gasteiger partial charge in [-0.05, 0) is 54.4 Å². The summed E-state index contributed by atoms with van der Waals surface area (Å²) in [6.07, 6.45) is 0. The molecule has 0 saturated carbocycles. The lowest BCUT2D eigenvalue weighted by Gasteiger charge is -2.25. The van der Waals surface area contributed by atoms with Crippen LogP contribution in [0.3, 0.4) is 0 Å². The van der Waals surface area contributed by atoms with E-state index >= 15 is 0 Å². The molecule has 0 aromatic heterocycles. The fourth-order valence-electron chi connectivity index (χ4n) is 3.97. The van der Waals surface area contributed by atoms with E-state index in [1.54, 1.807) is 26.4 Å². The van der Waals surface area contributed by atoms with Crippen LogP contribution in [0.25, 0.3) is 5.57 Å². The zero-order valence-corrected chi connectivity index (χ0v) is 18.9. The molecular weight excluding hydrogens is 416 g/mol. The molecule has 3 aromatic carbocycles. The van der Waals surface area contributed by atoms with Crippen molar-refractivity contribution in [2.75, 3.05) is 25.7 Å². The number of carbonyl (C=O) groups is 2. The van der Waals surface area contributed by atoms with Gasteiger partial charge in [-0.1, -0.05) is 42.5 Å². The minimum Gasteiger partial charge on any atom is -0.497 e. The van der Waals surface area contributed by atoms with E-state index in [1.807, 2.05) is 78.6 Å². The first-order valence-corrected chi connectivity index (χ1v) is 10.8. The van der Waals surface area contributed by atoms with Gasteiger partial charge in [-0.2, -0.15) is 0 Å². The Kier molecular flexibility index (Phi) is 6.45. The summed E-state index contributed by atoms with van der Waals surface area (Å²) in [5.41, 5.74) is 3.15. The molecule has 0 saturated heterocycles. The molecule has 0 N–H and O–H groups in total. The van der Waals surface area contributed by atoms with Gasteiger partial charge in [0.2, 0.25) is 0 Å². The maximum Gasteiger partial charge on any atom is 0.278 e. The molecule has 0 bridgehead atoms. The molecule has 3 aromatic rings. The Morgan fingerprint density at radius 3 is 1.88 bits per heavy atom. The van der Waals surface area contributed by atoms with E-state index in [9.17, 15) is 9.59 Å². The maximum atomic E-state index is 13.7. The third-order valence-electron chi connectivity index (χ3n) is 5.68. The SMILES string of the molecule is CCN(C1=C(c2ccc(OC)cc2)C(=O)N(Cc2ccc(OC)cc2)C1=O)c1ccccc1. The van der Waals surface area contributed by atoms with Gasteiger partial charge in [0.05, 0.1) is 26.3 Å². The minimum absolute atomic E-state index is 0.178. The summed E-state index contributed by atoms with van der Waals surface area (Å²) in [7, 11) is 3.19. The minimum atomic E-state index is -0.314. The first kappa shape index (κ1) is 22.1. The average molecular weight is 443 g/mol. The number of ether oxygens (including phenoxy) is 2. The molecule has 0 spiro atoms. The third kappa shape index (κ3) is 4.32. The van der Waals surface area contributed by atoms with Gasteiger partial charge < -0.3 is 14.4 Å². The molecular formula is C27H26N2O4. The Bertz CT molecular complexity index is 1170. The molecule has 2 amide bonds. The molecule has 168 valence electrons. The van der Waals surface area contributed by atoms with Crippen molar-refractivity contribution in [1.82, 2.24) is 4.90 Å². The Morgan fingerprint density at radius 1 is 0.758 bits per heavy atom. The van der Waals surface area contributed by atoms with Gasteiger partial charge >= 0.3 is 0 Å². The molecule has 1 aliphatic rings. The van der Waals surface area contributed by atoms with E-state index in [2.05, 4.69) is 0 Å². The van der Waals surface area contributed by atoms with E-state index in [0.29, 0.717) is 29.1 Å².